The molecule has 0 aromatic carbocycles. The van der Waals surface area contributed by atoms with Crippen LogP contribution in [0, 0.1) is 6.92 Å². The van der Waals surface area contributed by atoms with E-state index in [1.807, 2.05) is 27.7 Å². The number of rotatable bonds is 2. The summed E-state index contributed by atoms with van der Waals surface area (Å²) in [6, 6.07) is 0.182. The maximum atomic E-state index is 12.1. The summed E-state index contributed by atoms with van der Waals surface area (Å²) >= 11 is 0. The molecular formula is C15H24N4O2. The molecule has 1 amide bonds. The van der Waals surface area contributed by atoms with E-state index >= 15 is 0 Å². The lowest BCUT2D eigenvalue weighted by atomic mass is 10.1. The zero-order valence-electron chi connectivity index (χ0n) is 13.2. The number of carbonyl (C=O) groups excluding carboxylic acids is 1. The maximum absolute atomic E-state index is 12.1. The molecular weight excluding hydrogens is 268 g/mol. The summed E-state index contributed by atoms with van der Waals surface area (Å²) in [6.07, 6.45) is 5.06. The number of likely N-dealkylation sites (tertiary alicyclic amines) is 1. The van der Waals surface area contributed by atoms with Crippen LogP contribution in [0.3, 0.4) is 0 Å². The van der Waals surface area contributed by atoms with Gasteiger partial charge < -0.3 is 15.0 Å². The minimum atomic E-state index is -0.459. The Kier molecular flexibility index (Phi) is 4.65. The quantitative estimate of drug-likeness (QED) is 0.907. The van der Waals surface area contributed by atoms with Crippen molar-refractivity contribution in [2.45, 2.75) is 52.2 Å². The lowest BCUT2D eigenvalue weighted by Crippen LogP contribution is -2.47. The average molecular weight is 292 g/mol. The summed E-state index contributed by atoms with van der Waals surface area (Å²) in [5.41, 5.74) is 0.408. The van der Waals surface area contributed by atoms with E-state index in [1.54, 1.807) is 17.3 Å². The highest BCUT2D eigenvalue weighted by Gasteiger charge is 2.27. The van der Waals surface area contributed by atoms with E-state index in [9.17, 15) is 4.79 Å². The Bertz CT molecular complexity index is 499. The van der Waals surface area contributed by atoms with Gasteiger partial charge >= 0.3 is 6.09 Å². The number of hydrogen-bond donors (Lipinski definition) is 1. The first-order valence-corrected chi connectivity index (χ1v) is 7.37. The van der Waals surface area contributed by atoms with Gasteiger partial charge in [-0.3, -0.25) is 4.98 Å². The third-order valence-corrected chi connectivity index (χ3v) is 3.30. The Hall–Kier alpha value is -1.85. The number of nitrogens with zero attached hydrogens (tertiary/aromatic N) is 3. The summed E-state index contributed by atoms with van der Waals surface area (Å²) in [6.45, 7) is 8.94. The molecule has 116 valence electrons. The predicted molar refractivity (Wildman–Crippen MR) is 81.2 cm³/mol. The Morgan fingerprint density at radius 2 is 2.10 bits per heavy atom. The van der Waals surface area contributed by atoms with Gasteiger partial charge in [0.25, 0.3) is 0 Å². The highest BCUT2D eigenvalue weighted by atomic mass is 16.6. The second kappa shape index (κ2) is 6.28. The molecule has 21 heavy (non-hydrogen) atoms. The van der Waals surface area contributed by atoms with Crippen molar-refractivity contribution in [2.24, 2.45) is 0 Å². The normalized spacial score (nSPS) is 19.2. The number of aryl methyl sites for hydroxylation is 1. The van der Waals surface area contributed by atoms with Gasteiger partial charge in [0.2, 0.25) is 0 Å². The number of aromatic nitrogens is 2. The highest BCUT2D eigenvalue weighted by Crippen LogP contribution is 2.18. The smallest absolute Gasteiger partial charge is 0.410 e. The van der Waals surface area contributed by atoms with E-state index in [0.29, 0.717) is 6.54 Å². The first-order valence-electron chi connectivity index (χ1n) is 7.37. The Morgan fingerprint density at radius 1 is 1.38 bits per heavy atom. The van der Waals surface area contributed by atoms with Crippen LogP contribution in [0.2, 0.25) is 0 Å². The SMILES string of the molecule is Cc1nccnc1NC1CCCN(C(=O)OC(C)(C)C)C1. The molecule has 0 saturated carbocycles. The van der Waals surface area contributed by atoms with Crippen LogP contribution < -0.4 is 5.32 Å². The average Bonchev–Trinajstić information content (AvgIpc) is 2.40. The van der Waals surface area contributed by atoms with E-state index < -0.39 is 5.60 Å². The van der Waals surface area contributed by atoms with Gasteiger partial charge in [-0.05, 0) is 40.5 Å². The number of carbonyl (C=O) groups is 1. The molecule has 6 nitrogen and oxygen atoms in total. The summed E-state index contributed by atoms with van der Waals surface area (Å²) in [7, 11) is 0. The molecule has 0 radical (unpaired) electrons. The first kappa shape index (κ1) is 15.5. The lowest BCUT2D eigenvalue weighted by molar-refractivity contribution is 0.0206. The molecule has 1 fully saturated rings. The molecule has 1 aromatic heterocycles. The number of hydrogen-bond acceptors (Lipinski definition) is 5. The van der Waals surface area contributed by atoms with Crippen LogP contribution in [-0.4, -0.2) is 45.7 Å². The zero-order chi connectivity index (χ0) is 15.5. The van der Waals surface area contributed by atoms with Gasteiger partial charge in [0, 0.05) is 31.5 Å². The summed E-state index contributed by atoms with van der Waals surface area (Å²) in [4.78, 5) is 22.4. The molecule has 2 heterocycles. The summed E-state index contributed by atoms with van der Waals surface area (Å²) < 4.78 is 5.43. The first-order chi connectivity index (χ1) is 9.85. The second-order valence-corrected chi connectivity index (χ2v) is 6.40. The number of piperidine rings is 1. The van der Waals surface area contributed by atoms with E-state index in [0.717, 1.165) is 30.9 Å². The third kappa shape index (κ3) is 4.58. The van der Waals surface area contributed by atoms with Gasteiger partial charge in [-0.2, -0.15) is 0 Å². The third-order valence-electron chi connectivity index (χ3n) is 3.30. The second-order valence-electron chi connectivity index (χ2n) is 6.40. The molecule has 1 aliphatic rings. The zero-order valence-corrected chi connectivity index (χ0v) is 13.2. The van der Waals surface area contributed by atoms with Crippen LogP contribution in [0.4, 0.5) is 10.6 Å². The van der Waals surface area contributed by atoms with Gasteiger partial charge in [-0.15, -0.1) is 0 Å². The molecule has 1 saturated heterocycles. The van der Waals surface area contributed by atoms with Crippen LogP contribution in [0.5, 0.6) is 0 Å². The Balaban J connectivity index is 1.95. The fourth-order valence-corrected chi connectivity index (χ4v) is 2.33. The molecule has 2 rings (SSSR count). The maximum Gasteiger partial charge on any atom is 0.410 e. The standard InChI is InChI=1S/C15H24N4O2/c1-11-13(17-8-7-16-11)18-12-6-5-9-19(10-12)14(20)21-15(2,3)4/h7-8,12H,5-6,9-10H2,1-4H3,(H,17,18). The van der Waals surface area contributed by atoms with E-state index in [1.165, 1.54) is 0 Å². The number of nitrogens with one attached hydrogen (secondary N) is 1. The molecule has 1 aromatic rings. The van der Waals surface area contributed by atoms with Crippen LogP contribution >= 0.6 is 0 Å². The molecule has 1 N–H and O–H groups in total. The fourth-order valence-electron chi connectivity index (χ4n) is 2.33. The number of ether oxygens (including phenoxy) is 1. The molecule has 0 bridgehead atoms. The largest absolute Gasteiger partial charge is 0.444 e. The predicted octanol–water partition coefficient (Wildman–Crippen LogP) is 2.60. The molecule has 1 aliphatic heterocycles. The minimum absolute atomic E-state index is 0.182. The Labute approximate surface area is 125 Å². The van der Waals surface area contributed by atoms with Crippen molar-refractivity contribution in [1.29, 1.82) is 0 Å². The topological polar surface area (TPSA) is 67.4 Å². The van der Waals surface area contributed by atoms with Crippen molar-refractivity contribution in [2.75, 3.05) is 18.4 Å². The number of amides is 1. The van der Waals surface area contributed by atoms with Gasteiger partial charge in [-0.25, -0.2) is 9.78 Å². The summed E-state index contributed by atoms with van der Waals surface area (Å²) in [5, 5.41) is 3.37. The number of anilines is 1. The molecule has 1 atom stereocenters. The van der Waals surface area contributed by atoms with Gasteiger partial charge in [-0.1, -0.05) is 0 Å². The van der Waals surface area contributed by atoms with Gasteiger partial charge in [0.05, 0.1) is 5.69 Å². The molecule has 6 heteroatoms. The van der Waals surface area contributed by atoms with Crippen molar-refractivity contribution in [3.05, 3.63) is 18.1 Å². The fraction of sp³-hybridized carbons (Fsp3) is 0.667. The van der Waals surface area contributed by atoms with E-state index in [4.69, 9.17) is 4.74 Å². The Morgan fingerprint density at radius 3 is 2.76 bits per heavy atom. The monoisotopic (exact) mass is 292 g/mol. The van der Waals surface area contributed by atoms with E-state index in [2.05, 4.69) is 15.3 Å². The highest BCUT2D eigenvalue weighted by molar-refractivity contribution is 5.68. The van der Waals surface area contributed by atoms with Crippen molar-refractivity contribution in [1.82, 2.24) is 14.9 Å². The molecule has 0 spiro atoms. The van der Waals surface area contributed by atoms with Crippen molar-refractivity contribution >= 4 is 11.9 Å². The van der Waals surface area contributed by atoms with Crippen LogP contribution in [0.15, 0.2) is 12.4 Å². The molecule has 0 aliphatic carbocycles. The van der Waals surface area contributed by atoms with Crippen molar-refractivity contribution in [3.63, 3.8) is 0 Å². The minimum Gasteiger partial charge on any atom is -0.444 e. The molecule has 1 unspecified atom stereocenters. The van der Waals surface area contributed by atoms with Crippen LogP contribution in [0.25, 0.3) is 0 Å². The van der Waals surface area contributed by atoms with Crippen molar-refractivity contribution < 1.29 is 9.53 Å². The summed E-state index contributed by atoms with van der Waals surface area (Å²) in [5.74, 6) is 0.786. The lowest BCUT2D eigenvalue weighted by Gasteiger charge is -2.34. The van der Waals surface area contributed by atoms with Gasteiger partial charge in [0.15, 0.2) is 0 Å². The van der Waals surface area contributed by atoms with Crippen LogP contribution in [-0.2, 0) is 4.74 Å². The van der Waals surface area contributed by atoms with Crippen molar-refractivity contribution in [3.8, 4) is 0 Å². The van der Waals surface area contributed by atoms with Gasteiger partial charge in [0.1, 0.15) is 11.4 Å². The van der Waals surface area contributed by atoms with Crippen LogP contribution in [0.1, 0.15) is 39.3 Å². The van der Waals surface area contributed by atoms with E-state index in [-0.39, 0.29) is 12.1 Å².